The van der Waals surface area contributed by atoms with Crippen molar-refractivity contribution in [2.75, 3.05) is 118 Å². The molecule has 0 unspecified atom stereocenters. The third kappa shape index (κ3) is 50.8. The average molecular weight is 1080 g/mol. The number of carbonyl (C=O) groups is 4. The van der Waals surface area contributed by atoms with Crippen LogP contribution in [0.2, 0.25) is 0 Å². The van der Waals surface area contributed by atoms with Crippen LogP contribution in [0.15, 0.2) is 24.3 Å². The Hall–Kier alpha value is -0.890. The van der Waals surface area contributed by atoms with Gasteiger partial charge in [-0.05, 0) is 149 Å². The van der Waals surface area contributed by atoms with Crippen molar-refractivity contribution in [3.05, 3.63) is 24.3 Å². The number of rotatable bonds is 41. The smallest absolute Gasteiger partial charge is 0.234 e. The molecule has 4 amide bonds. The van der Waals surface area contributed by atoms with E-state index < -0.39 is 0 Å². The van der Waals surface area contributed by atoms with Crippen molar-refractivity contribution < 1.29 is 19.2 Å². The molecule has 0 aliphatic carbocycles. The quantitative estimate of drug-likeness (QED) is 0.0324. The van der Waals surface area contributed by atoms with Gasteiger partial charge >= 0.3 is 0 Å². The van der Waals surface area contributed by atoms with E-state index in [2.05, 4.69) is 63.9 Å². The van der Waals surface area contributed by atoms with Gasteiger partial charge in [-0.25, -0.2) is 0 Å². The van der Waals surface area contributed by atoms with Crippen LogP contribution in [0.25, 0.3) is 0 Å². The molecule has 0 aliphatic rings. The van der Waals surface area contributed by atoms with Crippen molar-refractivity contribution in [2.24, 2.45) is 22.9 Å². The lowest BCUT2D eigenvalue weighted by molar-refractivity contribution is -0.132. The molecule has 15 nitrogen and oxygen atoms in total. The Morgan fingerprint density at radius 3 is 1.08 bits per heavy atom. The SMILES string of the molecule is CC/C=C\CCC(=O)N(CCCCNCCCN(CCCNC(=O)CN(CCCN)CCCN)C(=O)CC/C=C\CC)CCCNC(=O)CN(CCCN)CCCN.Cl.Cl.Cl.Cl.Cl.Cl.Cl. The molecular formula is C43H94Cl7N11O4. The zero-order valence-corrected chi connectivity index (χ0v) is 45.4. The molecule has 0 radical (unpaired) electrons. The highest BCUT2D eigenvalue weighted by molar-refractivity contribution is 5.86. The molecule has 0 spiro atoms. The molecule has 0 aromatic heterocycles. The molecule has 0 heterocycles. The molecule has 11 N–H and O–H groups in total. The molecule has 0 atom stereocenters. The van der Waals surface area contributed by atoms with Crippen LogP contribution in [0, 0.1) is 0 Å². The van der Waals surface area contributed by atoms with Crippen LogP contribution in [-0.4, -0.2) is 161 Å². The summed E-state index contributed by atoms with van der Waals surface area (Å²) in [5, 5.41) is 9.57. The van der Waals surface area contributed by atoms with E-state index in [-0.39, 0.29) is 110 Å². The largest absolute Gasteiger partial charge is 0.355 e. The fraction of sp³-hybridized carbons (Fsp3) is 0.814. The third-order valence-corrected chi connectivity index (χ3v) is 9.68. The van der Waals surface area contributed by atoms with Crippen molar-refractivity contribution in [1.29, 1.82) is 0 Å². The predicted molar refractivity (Wildman–Crippen MR) is 291 cm³/mol. The second-order valence-corrected chi connectivity index (χ2v) is 14.9. The van der Waals surface area contributed by atoms with Gasteiger partial charge < -0.3 is 48.7 Å². The van der Waals surface area contributed by atoms with Gasteiger partial charge in [0.05, 0.1) is 13.1 Å². The molecule has 0 fully saturated rings. The van der Waals surface area contributed by atoms with Gasteiger partial charge in [0.25, 0.3) is 0 Å². The lowest BCUT2D eigenvalue weighted by Crippen LogP contribution is -2.40. The lowest BCUT2D eigenvalue weighted by Gasteiger charge is -2.24. The summed E-state index contributed by atoms with van der Waals surface area (Å²) in [6, 6.07) is 0. The number of unbranched alkanes of at least 4 members (excludes halogenated alkanes) is 1. The van der Waals surface area contributed by atoms with Gasteiger partial charge in [0.2, 0.25) is 23.6 Å². The summed E-state index contributed by atoms with van der Waals surface area (Å²) in [5.41, 5.74) is 22.7. The zero-order valence-electron chi connectivity index (χ0n) is 39.7. The van der Waals surface area contributed by atoms with E-state index in [0.717, 1.165) is 110 Å². The van der Waals surface area contributed by atoms with E-state index in [1.54, 1.807) is 0 Å². The van der Waals surface area contributed by atoms with Gasteiger partial charge in [-0.1, -0.05) is 38.2 Å². The number of hydrogen-bond donors (Lipinski definition) is 7. The van der Waals surface area contributed by atoms with Crippen molar-refractivity contribution in [3.8, 4) is 0 Å². The monoisotopic (exact) mass is 1070 g/mol. The molecule has 0 saturated heterocycles. The van der Waals surface area contributed by atoms with Crippen LogP contribution < -0.4 is 38.9 Å². The average Bonchev–Trinajstić information content (AvgIpc) is 3.22. The van der Waals surface area contributed by atoms with E-state index in [4.69, 9.17) is 22.9 Å². The van der Waals surface area contributed by atoms with E-state index in [1.165, 1.54) is 0 Å². The summed E-state index contributed by atoms with van der Waals surface area (Å²) >= 11 is 0. The molecule has 65 heavy (non-hydrogen) atoms. The lowest BCUT2D eigenvalue weighted by atomic mass is 10.2. The maximum absolute atomic E-state index is 13.1. The van der Waals surface area contributed by atoms with E-state index in [1.807, 2.05) is 9.80 Å². The second-order valence-electron chi connectivity index (χ2n) is 14.9. The summed E-state index contributed by atoms with van der Waals surface area (Å²) in [4.78, 5) is 59.6. The number of hydrogen-bond acceptors (Lipinski definition) is 11. The Balaban J connectivity index is -0.000000774. The van der Waals surface area contributed by atoms with Crippen LogP contribution in [0.4, 0.5) is 0 Å². The standard InChI is InChI=1S/C43H87N11O4.7ClH/c1-3-5-7-9-20-42(57)53(36-18-28-49-40(55)38-51(30-13-22-44)31-14-23-45)34-12-11-26-48-27-17-35-54(43(58)21-10-8-6-4-2)37-19-29-50-41(56)39-52(32-15-24-46)33-16-25-47;;;;;;;/h5-8,48H,3-4,9-39,44-47H2,1-2H3,(H,49,55)(H,50,56);7*1H/b7-5-,8-6-;;;;;;;. The minimum absolute atomic E-state index is 0. The highest BCUT2D eigenvalue weighted by Gasteiger charge is 2.16. The zero-order chi connectivity index (χ0) is 42.9. The molecule has 0 saturated carbocycles. The maximum Gasteiger partial charge on any atom is 0.234 e. The molecule has 0 aliphatic heterocycles. The number of amides is 4. The van der Waals surface area contributed by atoms with Crippen LogP contribution in [-0.2, 0) is 19.2 Å². The topological polar surface area (TPSA) is 221 Å². The van der Waals surface area contributed by atoms with Crippen LogP contribution in [0.1, 0.15) is 110 Å². The second kappa shape index (κ2) is 61.1. The fourth-order valence-corrected chi connectivity index (χ4v) is 6.41. The first kappa shape index (κ1) is 81.1. The molecule has 22 heteroatoms. The summed E-state index contributed by atoms with van der Waals surface area (Å²) in [6.07, 6.45) is 20.1. The number of nitrogens with two attached hydrogens (primary N) is 4. The van der Waals surface area contributed by atoms with Crippen molar-refractivity contribution in [2.45, 2.75) is 110 Å². The molecule has 0 bridgehead atoms. The Kier molecular flexibility index (Phi) is 76.3. The van der Waals surface area contributed by atoms with Crippen LogP contribution in [0.3, 0.4) is 0 Å². The van der Waals surface area contributed by atoms with E-state index in [0.29, 0.717) is 104 Å². The minimum atomic E-state index is -0.0164. The summed E-state index contributed by atoms with van der Waals surface area (Å²) < 4.78 is 0. The Labute approximate surface area is 437 Å². The normalized spacial score (nSPS) is 10.4. The Morgan fingerprint density at radius 2 is 0.738 bits per heavy atom. The van der Waals surface area contributed by atoms with E-state index in [9.17, 15) is 19.2 Å². The van der Waals surface area contributed by atoms with Gasteiger partial charge in [-0.3, -0.25) is 29.0 Å². The molecule has 0 rings (SSSR count). The molecule has 394 valence electrons. The third-order valence-electron chi connectivity index (χ3n) is 9.68. The first-order chi connectivity index (χ1) is 28.3. The summed E-state index contributed by atoms with van der Waals surface area (Å²) in [6.45, 7) is 15.5. The highest BCUT2D eigenvalue weighted by atomic mass is 35.5. The number of halogens is 7. The minimum Gasteiger partial charge on any atom is -0.355 e. The summed E-state index contributed by atoms with van der Waals surface area (Å²) in [5.74, 6) is 0.260. The van der Waals surface area contributed by atoms with Crippen LogP contribution in [0.5, 0.6) is 0 Å². The Morgan fingerprint density at radius 1 is 0.415 bits per heavy atom. The molecule has 0 aromatic rings. The number of nitrogens with one attached hydrogen (secondary N) is 3. The fourth-order valence-electron chi connectivity index (χ4n) is 6.41. The Bertz CT molecular complexity index is 1010. The van der Waals surface area contributed by atoms with Gasteiger partial charge in [-0.15, -0.1) is 86.8 Å². The van der Waals surface area contributed by atoms with Crippen molar-refractivity contribution >= 4 is 110 Å². The molecule has 0 aromatic carbocycles. The van der Waals surface area contributed by atoms with E-state index >= 15 is 0 Å². The molecular weight excluding hydrogens is 983 g/mol. The number of carbonyl (C=O) groups excluding carboxylic acids is 4. The first-order valence-corrected chi connectivity index (χ1v) is 22.6. The predicted octanol–water partition coefficient (Wildman–Crippen LogP) is 4.86. The summed E-state index contributed by atoms with van der Waals surface area (Å²) in [7, 11) is 0. The van der Waals surface area contributed by atoms with Crippen molar-refractivity contribution in [3.63, 3.8) is 0 Å². The first-order valence-electron chi connectivity index (χ1n) is 22.6. The van der Waals surface area contributed by atoms with Gasteiger partial charge in [0.15, 0.2) is 0 Å². The van der Waals surface area contributed by atoms with Gasteiger partial charge in [-0.2, -0.15) is 0 Å². The highest BCUT2D eigenvalue weighted by Crippen LogP contribution is 2.06. The number of allylic oxidation sites excluding steroid dienone is 4. The maximum atomic E-state index is 13.1. The van der Waals surface area contributed by atoms with Crippen LogP contribution >= 0.6 is 86.8 Å². The van der Waals surface area contributed by atoms with Gasteiger partial charge in [0.1, 0.15) is 0 Å². The number of nitrogens with zero attached hydrogens (tertiary/aromatic N) is 4. The van der Waals surface area contributed by atoms with Crippen molar-refractivity contribution in [1.82, 2.24) is 35.6 Å². The van der Waals surface area contributed by atoms with Gasteiger partial charge in [0, 0.05) is 52.1 Å².